The normalized spacial score (nSPS) is 13.4. The molecule has 0 aliphatic rings. The van der Waals surface area contributed by atoms with Gasteiger partial charge >= 0.3 is 0 Å². The first kappa shape index (κ1) is 14.8. The summed E-state index contributed by atoms with van der Waals surface area (Å²) in [5.41, 5.74) is 2.44. The minimum atomic E-state index is -0.326. The van der Waals surface area contributed by atoms with Crippen molar-refractivity contribution in [1.82, 2.24) is 0 Å². The predicted molar refractivity (Wildman–Crippen MR) is 84.8 cm³/mol. The molecule has 2 aromatic rings. The van der Waals surface area contributed by atoms with E-state index < -0.39 is 0 Å². The molecule has 1 nitrogen and oxygen atoms in total. The quantitative estimate of drug-likeness (QED) is 0.858. The Morgan fingerprint density at radius 3 is 1.55 bits per heavy atom. The van der Waals surface area contributed by atoms with Crippen molar-refractivity contribution in [2.45, 2.75) is 39.2 Å². The highest BCUT2D eigenvalue weighted by atomic mass is 16.3. The van der Waals surface area contributed by atoms with Crippen LogP contribution in [0.2, 0.25) is 0 Å². The Bertz CT molecular complexity index is 471. The number of aliphatic hydroxyl groups excluding tert-OH is 1. The van der Waals surface area contributed by atoms with Crippen LogP contribution in [-0.2, 0) is 0 Å². The summed E-state index contributed by atoms with van der Waals surface area (Å²) >= 11 is 0. The number of hydrogen-bond acceptors (Lipinski definition) is 1. The van der Waals surface area contributed by atoms with Gasteiger partial charge in [-0.25, -0.2) is 0 Å². The van der Waals surface area contributed by atoms with E-state index in [0.717, 1.165) is 6.42 Å². The maximum atomic E-state index is 10.5. The summed E-state index contributed by atoms with van der Waals surface area (Å²) in [5, 5.41) is 10.5. The van der Waals surface area contributed by atoms with Crippen molar-refractivity contribution in [2.75, 3.05) is 0 Å². The number of hydrogen-bond donors (Lipinski definition) is 1. The van der Waals surface area contributed by atoms with Crippen molar-refractivity contribution in [3.05, 3.63) is 71.8 Å². The molecule has 2 aromatic carbocycles. The van der Waals surface area contributed by atoms with Crippen LogP contribution in [0.4, 0.5) is 0 Å². The van der Waals surface area contributed by atoms with E-state index in [2.05, 4.69) is 69.3 Å². The van der Waals surface area contributed by atoms with E-state index in [4.69, 9.17) is 0 Å². The molecule has 1 N–H and O–H groups in total. The summed E-state index contributed by atoms with van der Waals surface area (Å²) in [7, 11) is 0. The summed E-state index contributed by atoms with van der Waals surface area (Å²) in [6, 6.07) is 20.9. The van der Waals surface area contributed by atoms with Crippen LogP contribution in [-0.4, -0.2) is 11.2 Å². The molecule has 0 heterocycles. The summed E-state index contributed by atoms with van der Waals surface area (Å²) in [4.78, 5) is 0. The summed E-state index contributed by atoms with van der Waals surface area (Å²) in [6.07, 6.45) is 0.422. The molecular formula is C19H24O. The van der Waals surface area contributed by atoms with Gasteiger partial charge in [-0.15, -0.1) is 0 Å². The lowest BCUT2D eigenvalue weighted by Gasteiger charge is -2.30. The number of benzene rings is 2. The molecule has 0 aliphatic heterocycles. The van der Waals surface area contributed by atoms with Crippen molar-refractivity contribution < 1.29 is 5.11 Å². The SMILES string of the molecule is CC(C)(C)[C@@H](O)CC(c1ccccc1)c1ccccc1. The van der Waals surface area contributed by atoms with E-state index in [0.29, 0.717) is 0 Å². The van der Waals surface area contributed by atoms with Gasteiger partial charge in [0, 0.05) is 5.92 Å². The minimum Gasteiger partial charge on any atom is -0.393 e. The second-order valence-corrected chi connectivity index (χ2v) is 6.49. The van der Waals surface area contributed by atoms with Crippen LogP contribution in [0.3, 0.4) is 0 Å². The Kier molecular flexibility index (Phi) is 4.61. The Hall–Kier alpha value is -1.60. The molecule has 106 valence electrons. The number of rotatable bonds is 4. The minimum absolute atomic E-state index is 0.0954. The lowest BCUT2D eigenvalue weighted by atomic mass is 9.79. The highest BCUT2D eigenvalue weighted by Gasteiger charge is 2.26. The third-order valence-corrected chi connectivity index (χ3v) is 3.86. The topological polar surface area (TPSA) is 20.2 Å². The molecule has 0 aromatic heterocycles. The van der Waals surface area contributed by atoms with Crippen LogP contribution >= 0.6 is 0 Å². The molecule has 0 fully saturated rings. The van der Waals surface area contributed by atoms with Crippen molar-refractivity contribution >= 4 is 0 Å². The first-order valence-corrected chi connectivity index (χ1v) is 7.26. The fourth-order valence-electron chi connectivity index (χ4n) is 2.41. The molecule has 1 atom stereocenters. The zero-order valence-electron chi connectivity index (χ0n) is 12.6. The predicted octanol–water partition coefficient (Wildman–Crippen LogP) is 4.62. The maximum absolute atomic E-state index is 10.5. The molecule has 0 unspecified atom stereocenters. The molecule has 0 radical (unpaired) electrons. The highest BCUT2D eigenvalue weighted by molar-refractivity contribution is 5.32. The monoisotopic (exact) mass is 268 g/mol. The lowest BCUT2D eigenvalue weighted by Crippen LogP contribution is -2.28. The van der Waals surface area contributed by atoms with E-state index in [1.54, 1.807) is 0 Å². The smallest absolute Gasteiger partial charge is 0.0597 e. The molecule has 2 rings (SSSR count). The van der Waals surface area contributed by atoms with Crippen molar-refractivity contribution in [3.63, 3.8) is 0 Å². The highest BCUT2D eigenvalue weighted by Crippen LogP contribution is 2.33. The van der Waals surface area contributed by atoms with E-state index >= 15 is 0 Å². The van der Waals surface area contributed by atoms with Gasteiger partial charge in [-0.05, 0) is 23.0 Å². The van der Waals surface area contributed by atoms with E-state index in [1.807, 2.05) is 12.1 Å². The molecule has 0 saturated heterocycles. The van der Waals surface area contributed by atoms with E-state index in [-0.39, 0.29) is 17.4 Å². The summed E-state index contributed by atoms with van der Waals surface area (Å²) < 4.78 is 0. The number of aliphatic hydroxyl groups is 1. The second-order valence-electron chi connectivity index (χ2n) is 6.49. The van der Waals surface area contributed by atoms with Crippen LogP contribution in [0.25, 0.3) is 0 Å². The average molecular weight is 268 g/mol. The zero-order valence-corrected chi connectivity index (χ0v) is 12.6. The van der Waals surface area contributed by atoms with Gasteiger partial charge in [-0.1, -0.05) is 81.4 Å². The average Bonchev–Trinajstić information content (AvgIpc) is 2.45. The van der Waals surface area contributed by atoms with Crippen molar-refractivity contribution in [2.24, 2.45) is 5.41 Å². The first-order chi connectivity index (χ1) is 9.48. The Balaban J connectivity index is 2.31. The van der Waals surface area contributed by atoms with Gasteiger partial charge in [0.2, 0.25) is 0 Å². The Morgan fingerprint density at radius 2 is 1.20 bits per heavy atom. The fraction of sp³-hybridized carbons (Fsp3) is 0.368. The first-order valence-electron chi connectivity index (χ1n) is 7.26. The molecule has 0 spiro atoms. The van der Waals surface area contributed by atoms with Crippen molar-refractivity contribution in [1.29, 1.82) is 0 Å². The standard InChI is InChI=1S/C19H24O/c1-19(2,3)18(20)14-17(15-10-6-4-7-11-15)16-12-8-5-9-13-16/h4-13,17-18,20H,14H2,1-3H3/t18-/m0/s1. The summed E-state index contributed by atoms with van der Waals surface area (Å²) in [6.45, 7) is 6.26. The molecule has 0 bridgehead atoms. The van der Waals surface area contributed by atoms with Crippen LogP contribution in [0.15, 0.2) is 60.7 Å². The van der Waals surface area contributed by atoms with Crippen LogP contribution in [0, 0.1) is 5.41 Å². The lowest BCUT2D eigenvalue weighted by molar-refractivity contribution is 0.0522. The third-order valence-electron chi connectivity index (χ3n) is 3.86. The van der Waals surface area contributed by atoms with Crippen LogP contribution in [0.1, 0.15) is 44.2 Å². The Labute approximate surface area is 122 Å². The van der Waals surface area contributed by atoms with E-state index in [9.17, 15) is 5.11 Å². The largest absolute Gasteiger partial charge is 0.393 e. The molecule has 0 aliphatic carbocycles. The van der Waals surface area contributed by atoms with Crippen LogP contribution in [0.5, 0.6) is 0 Å². The van der Waals surface area contributed by atoms with Crippen LogP contribution < -0.4 is 0 Å². The van der Waals surface area contributed by atoms with Gasteiger partial charge in [-0.2, -0.15) is 0 Å². The molecule has 1 heteroatoms. The van der Waals surface area contributed by atoms with Gasteiger partial charge in [-0.3, -0.25) is 0 Å². The molecular weight excluding hydrogens is 244 g/mol. The van der Waals surface area contributed by atoms with Gasteiger partial charge in [0.1, 0.15) is 0 Å². The zero-order chi connectivity index (χ0) is 14.6. The second kappa shape index (κ2) is 6.23. The van der Waals surface area contributed by atoms with Gasteiger partial charge in [0.25, 0.3) is 0 Å². The van der Waals surface area contributed by atoms with Gasteiger partial charge in [0.15, 0.2) is 0 Å². The fourth-order valence-corrected chi connectivity index (χ4v) is 2.41. The third kappa shape index (κ3) is 3.71. The Morgan fingerprint density at radius 1 is 0.800 bits per heavy atom. The van der Waals surface area contributed by atoms with Crippen molar-refractivity contribution in [3.8, 4) is 0 Å². The van der Waals surface area contributed by atoms with Gasteiger partial charge in [0.05, 0.1) is 6.10 Å². The molecule has 20 heavy (non-hydrogen) atoms. The maximum Gasteiger partial charge on any atom is 0.0597 e. The van der Waals surface area contributed by atoms with E-state index in [1.165, 1.54) is 11.1 Å². The summed E-state index contributed by atoms with van der Waals surface area (Å²) in [5.74, 6) is 0.242. The molecule has 0 saturated carbocycles. The molecule has 0 amide bonds. The van der Waals surface area contributed by atoms with Gasteiger partial charge < -0.3 is 5.11 Å².